The lowest BCUT2D eigenvalue weighted by atomic mass is 10.2. The smallest absolute Gasteiger partial charge is 0.276 e. The van der Waals surface area contributed by atoms with Gasteiger partial charge < -0.3 is 4.74 Å². The lowest BCUT2D eigenvalue weighted by Crippen LogP contribution is -2.52. The molecule has 0 spiro atoms. The first-order chi connectivity index (χ1) is 10.3. The van der Waals surface area contributed by atoms with E-state index in [1.807, 2.05) is 0 Å². The molecule has 10 heteroatoms. The van der Waals surface area contributed by atoms with E-state index in [1.165, 1.54) is 10.4 Å². The molecule has 3 rings (SSSR count). The third-order valence-electron chi connectivity index (χ3n) is 3.86. The largest absolute Gasteiger partial charge is 0.493 e. The van der Waals surface area contributed by atoms with Crippen molar-refractivity contribution >= 4 is 20.2 Å². The minimum Gasteiger partial charge on any atom is -0.493 e. The van der Waals surface area contributed by atoms with E-state index in [2.05, 4.69) is 0 Å². The van der Waals surface area contributed by atoms with Crippen molar-refractivity contribution in [1.29, 1.82) is 0 Å². The van der Waals surface area contributed by atoms with Gasteiger partial charge in [0.25, 0.3) is 10.2 Å². The Bertz CT molecular complexity index is 783. The molecule has 1 aromatic rings. The third-order valence-corrected chi connectivity index (χ3v) is 6.84. The van der Waals surface area contributed by atoms with Crippen molar-refractivity contribution in [3.8, 4) is 5.75 Å². The zero-order chi connectivity index (χ0) is 16.0. The van der Waals surface area contributed by atoms with Crippen molar-refractivity contribution in [3.63, 3.8) is 0 Å². The van der Waals surface area contributed by atoms with Crippen molar-refractivity contribution in [3.05, 3.63) is 23.8 Å². The summed E-state index contributed by atoms with van der Waals surface area (Å²) in [6.07, 6.45) is 0.692. The van der Waals surface area contributed by atoms with Gasteiger partial charge in [0.15, 0.2) is 0 Å². The Morgan fingerprint density at radius 3 is 2.27 bits per heavy atom. The first-order valence-electron chi connectivity index (χ1n) is 6.82. The van der Waals surface area contributed by atoms with E-state index in [-0.39, 0.29) is 31.1 Å². The number of rotatable bonds is 3. The van der Waals surface area contributed by atoms with Crippen LogP contribution < -0.4 is 9.88 Å². The number of nitrogens with zero attached hydrogens (tertiary/aromatic N) is 2. The van der Waals surface area contributed by atoms with Crippen LogP contribution in [-0.2, 0) is 26.7 Å². The summed E-state index contributed by atoms with van der Waals surface area (Å²) in [7, 11) is -7.41. The Kier molecular flexibility index (Phi) is 3.89. The molecule has 0 aromatic heterocycles. The molecule has 1 fully saturated rings. The van der Waals surface area contributed by atoms with Gasteiger partial charge in [0, 0.05) is 32.6 Å². The Balaban J connectivity index is 1.80. The van der Waals surface area contributed by atoms with Crippen LogP contribution in [0.3, 0.4) is 0 Å². The average molecular weight is 347 g/mol. The van der Waals surface area contributed by atoms with Gasteiger partial charge >= 0.3 is 0 Å². The van der Waals surface area contributed by atoms with Gasteiger partial charge in [-0.2, -0.15) is 17.0 Å². The molecular formula is C12H17N3O5S2. The van der Waals surface area contributed by atoms with Gasteiger partial charge in [-0.05, 0) is 23.8 Å². The van der Waals surface area contributed by atoms with Gasteiger partial charge in [-0.3, -0.25) is 0 Å². The molecule has 0 amide bonds. The highest BCUT2D eigenvalue weighted by Crippen LogP contribution is 2.29. The summed E-state index contributed by atoms with van der Waals surface area (Å²) in [6.45, 7) is 0.864. The molecular weight excluding hydrogens is 330 g/mol. The topological polar surface area (TPSA) is 110 Å². The van der Waals surface area contributed by atoms with Crippen molar-refractivity contribution in [2.75, 3.05) is 32.8 Å². The molecule has 0 atom stereocenters. The van der Waals surface area contributed by atoms with Gasteiger partial charge in [0.1, 0.15) is 5.75 Å². The molecule has 0 unspecified atom stereocenters. The van der Waals surface area contributed by atoms with Gasteiger partial charge in [-0.25, -0.2) is 13.6 Å². The SMILES string of the molecule is NS(=O)(=O)N1CCN(S(=O)(=O)c2ccc3c(c2)CCO3)CC1. The summed E-state index contributed by atoms with van der Waals surface area (Å²) in [5.41, 5.74) is 0.879. The number of fused-ring (bicyclic) bond motifs is 1. The van der Waals surface area contributed by atoms with E-state index in [1.54, 1.807) is 12.1 Å². The lowest BCUT2D eigenvalue weighted by Gasteiger charge is -2.32. The molecule has 2 N–H and O–H groups in total. The fourth-order valence-corrected chi connectivity index (χ4v) is 4.78. The van der Waals surface area contributed by atoms with Crippen LogP contribution >= 0.6 is 0 Å². The molecule has 2 aliphatic heterocycles. The van der Waals surface area contributed by atoms with E-state index in [0.717, 1.165) is 15.6 Å². The molecule has 8 nitrogen and oxygen atoms in total. The van der Waals surface area contributed by atoms with Crippen LogP contribution in [0.15, 0.2) is 23.1 Å². The first-order valence-corrected chi connectivity index (χ1v) is 9.76. The number of ether oxygens (including phenoxy) is 1. The number of hydrogen-bond donors (Lipinski definition) is 1. The van der Waals surface area contributed by atoms with Crippen LogP contribution in [0.5, 0.6) is 5.75 Å². The maximum atomic E-state index is 12.6. The molecule has 2 heterocycles. The molecule has 1 saturated heterocycles. The van der Waals surface area contributed by atoms with E-state index in [0.29, 0.717) is 13.0 Å². The zero-order valence-electron chi connectivity index (χ0n) is 11.8. The standard InChI is InChI=1S/C12H17N3O5S2/c13-22(18,19)15-6-4-14(5-7-15)21(16,17)11-1-2-12-10(9-11)3-8-20-12/h1-2,9H,3-8H2,(H2,13,18,19). The van der Waals surface area contributed by atoms with Crippen LogP contribution in [0.25, 0.3) is 0 Å². The van der Waals surface area contributed by atoms with Gasteiger partial charge in [-0.15, -0.1) is 0 Å². The van der Waals surface area contributed by atoms with E-state index >= 15 is 0 Å². The molecule has 0 bridgehead atoms. The maximum absolute atomic E-state index is 12.6. The number of benzene rings is 1. The van der Waals surface area contributed by atoms with E-state index < -0.39 is 20.2 Å². The minimum absolute atomic E-state index is 0.0616. The van der Waals surface area contributed by atoms with Crippen LogP contribution in [0.4, 0.5) is 0 Å². The summed E-state index contributed by atoms with van der Waals surface area (Å²) < 4.78 is 55.5. The number of nitrogens with two attached hydrogens (primary N) is 1. The maximum Gasteiger partial charge on any atom is 0.276 e. The van der Waals surface area contributed by atoms with Crippen LogP contribution in [0.2, 0.25) is 0 Å². The van der Waals surface area contributed by atoms with Crippen molar-refractivity contribution in [2.45, 2.75) is 11.3 Å². The Morgan fingerprint density at radius 2 is 1.64 bits per heavy atom. The molecule has 0 aliphatic carbocycles. The number of sulfonamides is 1. The predicted molar refractivity (Wildman–Crippen MR) is 79.1 cm³/mol. The summed E-state index contributed by atoms with van der Waals surface area (Å²) in [5.74, 6) is 0.720. The van der Waals surface area contributed by atoms with Gasteiger partial charge in [-0.1, -0.05) is 0 Å². The molecule has 0 radical (unpaired) electrons. The highest BCUT2D eigenvalue weighted by atomic mass is 32.2. The zero-order valence-corrected chi connectivity index (χ0v) is 13.4. The summed E-state index contributed by atoms with van der Waals surface area (Å²) in [4.78, 5) is 0.209. The Labute approximate surface area is 129 Å². The quantitative estimate of drug-likeness (QED) is 0.764. The van der Waals surface area contributed by atoms with Crippen LogP contribution in [0, 0.1) is 0 Å². The number of hydrogen-bond acceptors (Lipinski definition) is 5. The second kappa shape index (κ2) is 5.46. The van der Waals surface area contributed by atoms with Crippen molar-refractivity contribution < 1.29 is 21.6 Å². The highest BCUT2D eigenvalue weighted by molar-refractivity contribution is 7.89. The van der Waals surface area contributed by atoms with Gasteiger partial charge in [0.05, 0.1) is 11.5 Å². The van der Waals surface area contributed by atoms with Gasteiger partial charge in [0.2, 0.25) is 10.0 Å². The third kappa shape index (κ3) is 2.84. The number of piperazine rings is 1. The average Bonchev–Trinajstić information content (AvgIpc) is 2.94. The summed E-state index contributed by atoms with van der Waals surface area (Å²) >= 11 is 0. The Morgan fingerprint density at radius 1 is 1.00 bits per heavy atom. The molecule has 1 aromatic carbocycles. The highest BCUT2D eigenvalue weighted by Gasteiger charge is 2.32. The molecule has 2 aliphatic rings. The predicted octanol–water partition coefficient (Wildman–Crippen LogP) is -0.869. The Hall–Kier alpha value is -1.20. The summed E-state index contributed by atoms with van der Waals surface area (Å²) in [5, 5.41) is 5.05. The monoisotopic (exact) mass is 347 g/mol. The van der Waals surface area contributed by atoms with E-state index in [4.69, 9.17) is 9.88 Å². The second-order valence-corrected chi connectivity index (χ2v) is 8.70. The van der Waals surface area contributed by atoms with E-state index in [9.17, 15) is 16.8 Å². The summed E-state index contributed by atoms with van der Waals surface area (Å²) in [6, 6.07) is 4.81. The molecule has 22 heavy (non-hydrogen) atoms. The van der Waals surface area contributed by atoms with Crippen LogP contribution in [-0.4, -0.2) is 58.2 Å². The second-order valence-electron chi connectivity index (χ2n) is 5.22. The van der Waals surface area contributed by atoms with Crippen LogP contribution in [0.1, 0.15) is 5.56 Å². The fraction of sp³-hybridized carbons (Fsp3) is 0.500. The molecule has 122 valence electrons. The first kappa shape index (κ1) is 15.7. The fourth-order valence-electron chi connectivity index (χ4n) is 2.64. The molecule has 0 saturated carbocycles. The lowest BCUT2D eigenvalue weighted by molar-refractivity contribution is 0.273. The normalized spacial score (nSPS) is 20.6. The minimum atomic E-state index is -3.77. The van der Waals surface area contributed by atoms with Crippen molar-refractivity contribution in [2.24, 2.45) is 5.14 Å². The van der Waals surface area contributed by atoms with Crippen molar-refractivity contribution in [1.82, 2.24) is 8.61 Å².